The second kappa shape index (κ2) is 10.6. The molecular weight excluding hydrogens is 194 g/mol. The molecule has 0 bridgehead atoms. The van der Waals surface area contributed by atoms with Crippen LogP contribution in [-0.2, 0) is 4.79 Å². The summed E-state index contributed by atoms with van der Waals surface area (Å²) >= 11 is 1.93. The fraction of sp³-hybridized carbons (Fsp3) is 0.727. The summed E-state index contributed by atoms with van der Waals surface area (Å²) in [6.45, 7) is 3.67. The smallest absolute Gasteiger partial charge is 0.217 e. The quantitative estimate of drug-likeness (QED) is 0.450. The number of unbranched alkanes of at least 4 members (excludes halogenated alkanes) is 4. The van der Waals surface area contributed by atoms with Gasteiger partial charge in [-0.05, 0) is 18.6 Å². The molecule has 0 fully saturated rings. The Morgan fingerprint density at radius 1 is 1.21 bits per heavy atom. The first-order valence-corrected chi connectivity index (χ1v) is 6.39. The molecule has 3 heteroatoms. The second-order valence-electron chi connectivity index (χ2n) is 3.35. The Labute approximate surface area is 91.3 Å². The Bertz CT molecular complexity index is 159. The van der Waals surface area contributed by atoms with Crippen molar-refractivity contribution in [3.05, 3.63) is 12.7 Å². The lowest BCUT2D eigenvalue weighted by molar-refractivity contribution is -0.118. The van der Waals surface area contributed by atoms with E-state index in [9.17, 15) is 4.79 Å². The molecule has 0 aromatic carbocycles. The molecule has 14 heavy (non-hydrogen) atoms. The summed E-state index contributed by atoms with van der Waals surface area (Å²) in [6.07, 6.45) is 8.34. The maximum atomic E-state index is 10.4. The van der Waals surface area contributed by atoms with Crippen LogP contribution >= 0.6 is 11.8 Å². The monoisotopic (exact) mass is 215 g/mol. The highest BCUT2D eigenvalue weighted by atomic mass is 32.2. The van der Waals surface area contributed by atoms with Gasteiger partial charge in [0.15, 0.2) is 0 Å². The van der Waals surface area contributed by atoms with E-state index in [1.807, 2.05) is 17.8 Å². The van der Waals surface area contributed by atoms with E-state index in [4.69, 9.17) is 5.73 Å². The van der Waals surface area contributed by atoms with Gasteiger partial charge in [-0.25, -0.2) is 0 Å². The Hall–Kier alpha value is -0.440. The number of rotatable bonds is 10. The number of hydrogen-bond acceptors (Lipinski definition) is 2. The average molecular weight is 215 g/mol. The largest absolute Gasteiger partial charge is 0.370 e. The van der Waals surface area contributed by atoms with Gasteiger partial charge in [0.1, 0.15) is 0 Å². The number of primary amides is 1. The molecule has 0 aromatic rings. The van der Waals surface area contributed by atoms with Gasteiger partial charge >= 0.3 is 0 Å². The van der Waals surface area contributed by atoms with Crippen LogP contribution < -0.4 is 5.73 Å². The first kappa shape index (κ1) is 13.6. The minimum Gasteiger partial charge on any atom is -0.370 e. The molecule has 2 N–H and O–H groups in total. The third kappa shape index (κ3) is 11.6. The van der Waals surface area contributed by atoms with Crippen LogP contribution in [0.4, 0.5) is 0 Å². The van der Waals surface area contributed by atoms with Gasteiger partial charge in [-0.2, -0.15) is 11.8 Å². The minimum atomic E-state index is -0.175. The zero-order valence-electron chi connectivity index (χ0n) is 8.84. The van der Waals surface area contributed by atoms with Crippen molar-refractivity contribution < 1.29 is 4.79 Å². The predicted molar refractivity (Wildman–Crippen MR) is 64.4 cm³/mol. The Balaban J connectivity index is 2.92. The lowest BCUT2D eigenvalue weighted by Crippen LogP contribution is -2.09. The topological polar surface area (TPSA) is 43.1 Å². The first-order valence-electron chi connectivity index (χ1n) is 5.24. The summed E-state index contributed by atoms with van der Waals surface area (Å²) in [7, 11) is 0. The Kier molecular flexibility index (Phi) is 10.3. The van der Waals surface area contributed by atoms with Gasteiger partial charge in [-0.3, -0.25) is 4.79 Å². The van der Waals surface area contributed by atoms with E-state index in [2.05, 4.69) is 6.58 Å². The van der Waals surface area contributed by atoms with Crippen LogP contribution in [0, 0.1) is 0 Å². The molecule has 0 spiro atoms. The van der Waals surface area contributed by atoms with Crippen LogP contribution in [0.1, 0.15) is 38.5 Å². The number of amides is 1. The fourth-order valence-electron chi connectivity index (χ4n) is 1.20. The van der Waals surface area contributed by atoms with Crippen molar-refractivity contribution in [2.45, 2.75) is 38.5 Å². The molecule has 2 nitrogen and oxygen atoms in total. The van der Waals surface area contributed by atoms with Crippen LogP contribution in [0.2, 0.25) is 0 Å². The summed E-state index contributed by atoms with van der Waals surface area (Å²) in [5.74, 6) is 2.11. The third-order valence-corrected chi connectivity index (χ3v) is 3.00. The SMILES string of the molecule is C=CCSCCCCCCCC(N)=O. The highest BCUT2D eigenvalue weighted by Gasteiger charge is 1.94. The maximum Gasteiger partial charge on any atom is 0.217 e. The summed E-state index contributed by atoms with van der Waals surface area (Å²) in [6, 6.07) is 0. The summed E-state index contributed by atoms with van der Waals surface area (Å²) in [5.41, 5.74) is 5.04. The zero-order valence-corrected chi connectivity index (χ0v) is 9.65. The lowest BCUT2D eigenvalue weighted by atomic mass is 10.1. The van der Waals surface area contributed by atoms with Crippen molar-refractivity contribution in [3.8, 4) is 0 Å². The van der Waals surface area contributed by atoms with Gasteiger partial charge in [0.2, 0.25) is 5.91 Å². The molecule has 0 saturated carbocycles. The van der Waals surface area contributed by atoms with Crippen molar-refractivity contribution >= 4 is 17.7 Å². The van der Waals surface area contributed by atoms with Gasteiger partial charge in [-0.15, -0.1) is 6.58 Å². The molecule has 0 aliphatic heterocycles. The Morgan fingerprint density at radius 2 is 1.86 bits per heavy atom. The normalized spacial score (nSPS) is 10.0. The zero-order chi connectivity index (χ0) is 10.6. The number of thioether (sulfide) groups is 1. The molecular formula is C11H21NOS. The van der Waals surface area contributed by atoms with Crippen LogP contribution in [0.15, 0.2) is 12.7 Å². The van der Waals surface area contributed by atoms with Crippen LogP contribution in [0.5, 0.6) is 0 Å². The summed E-state index contributed by atoms with van der Waals surface area (Å²) in [4.78, 5) is 10.4. The van der Waals surface area contributed by atoms with E-state index < -0.39 is 0 Å². The van der Waals surface area contributed by atoms with Crippen molar-refractivity contribution in [2.24, 2.45) is 5.73 Å². The number of carbonyl (C=O) groups excluding carboxylic acids is 1. The molecule has 0 aromatic heterocycles. The minimum absolute atomic E-state index is 0.175. The van der Waals surface area contributed by atoms with Gasteiger partial charge in [0.25, 0.3) is 0 Å². The van der Waals surface area contributed by atoms with Crippen molar-refractivity contribution in [2.75, 3.05) is 11.5 Å². The predicted octanol–water partition coefficient (Wildman–Crippen LogP) is 2.73. The van der Waals surface area contributed by atoms with E-state index in [0.29, 0.717) is 6.42 Å². The van der Waals surface area contributed by atoms with Crippen LogP contribution in [0.25, 0.3) is 0 Å². The summed E-state index contributed by atoms with van der Waals surface area (Å²) in [5, 5.41) is 0. The lowest BCUT2D eigenvalue weighted by Gasteiger charge is -2.00. The second-order valence-corrected chi connectivity index (χ2v) is 4.50. The molecule has 0 aliphatic carbocycles. The maximum absolute atomic E-state index is 10.4. The van der Waals surface area contributed by atoms with E-state index in [0.717, 1.165) is 18.6 Å². The van der Waals surface area contributed by atoms with Gasteiger partial charge < -0.3 is 5.73 Å². The first-order chi connectivity index (χ1) is 6.77. The van der Waals surface area contributed by atoms with E-state index in [-0.39, 0.29) is 5.91 Å². The Morgan fingerprint density at radius 3 is 2.50 bits per heavy atom. The van der Waals surface area contributed by atoms with Crippen molar-refractivity contribution in [1.82, 2.24) is 0 Å². The summed E-state index contributed by atoms with van der Waals surface area (Å²) < 4.78 is 0. The standard InChI is InChI=1S/C11H21NOS/c1-2-9-14-10-7-5-3-4-6-8-11(12)13/h2H,1,3-10H2,(H2,12,13). The molecule has 1 amide bonds. The fourth-order valence-corrected chi connectivity index (χ4v) is 1.94. The number of hydrogen-bond donors (Lipinski definition) is 1. The highest BCUT2D eigenvalue weighted by Crippen LogP contribution is 2.09. The molecule has 0 aliphatic rings. The van der Waals surface area contributed by atoms with Gasteiger partial charge in [-0.1, -0.05) is 25.3 Å². The molecule has 82 valence electrons. The van der Waals surface area contributed by atoms with Crippen molar-refractivity contribution in [1.29, 1.82) is 0 Å². The van der Waals surface area contributed by atoms with Gasteiger partial charge in [0, 0.05) is 12.2 Å². The molecule has 0 saturated heterocycles. The van der Waals surface area contributed by atoms with E-state index in [1.54, 1.807) is 0 Å². The molecule has 0 radical (unpaired) electrons. The molecule has 0 heterocycles. The molecule has 0 atom stereocenters. The van der Waals surface area contributed by atoms with Gasteiger partial charge in [0.05, 0.1) is 0 Å². The highest BCUT2D eigenvalue weighted by molar-refractivity contribution is 7.99. The molecule has 0 unspecified atom stereocenters. The van der Waals surface area contributed by atoms with E-state index >= 15 is 0 Å². The third-order valence-electron chi connectivity index (χ3n) is 1.95. The number of nitrogens with two attached hydrogens (primary N) is 1. The molecule has 0 rings (SSSR count). The van der Waals surface area contributed by atoms with Crippen molar-refractivity contribution in [3.63, 3.8) is 0 Å². The van der Waals surface area contributed by atoms with Crippen LogP contribution in [0.3, 0.4) is 0 Å². The van der Waals surface area contributed by atoms with Crippen LogP contribution in [-0.4, -0.2) is 17.4 Å². The van der Waals surface area contributed by atoms with E-state index in [1.165, 1.54) is 25.0 Å². The number of carbonyl (C=O) groups is 1. The average Bonchev–Trinajstić information content (AvgIpc) is 2.15.